The van der Waals surface area contributed by atoms with Gasteiger partial charge in [-0.2, -0.15) is 0 Å². The SMILES string of the molecule is O=S(=O)(CCCNC1CCCC1)N1CCC(c2c[nH]c3ccc(Br)cc23)CC1. The van der Waals surface area contributed by atoms with Crippen molar-refractivity contribution in [2.24, 2.45) is 0 Å². The molecule has 5 nitrogen and oxygen atoms in total. The fourth-order valence-corrected chi connectivity index (χ4v) is 6.61. The normalized spacial score (nSPS) is 20.3. The lowest BCUT2D eigenvalue weighted by molar-refractivity contribution is 0.320. The van der Waals surface area contributed by atoms with E-state index in [4.69, 9.17) is 0 Å². The second-order valence-electron chi connectivity index (χ2n) is 8.21. The topological polar surface area (TPSA) is 65.2 Å². The van der Waals surface area contributed by atoms with Gasteiger partial charge in [0.25, 0.3) is 0 Å². The van der Waals surface area contributed by atoms with Crippen molar-refractivity contribution in [3.05, 3.63) is 34.4 Å². The molecular formula is C21H30BrN3O2S. The van der Waals surface area contributed by atoms with Crippen molar-refractivity contribution in [2.75, 3.05) is 25.4 Å². The first-order chi connectivity index (χ1) is 13.5. The van der Waals surface area contributed by atoms with Crippen LogP contribution in [0.15, 0.2) is 28.9 Å². The van der Waals surface area contributed by atoms with Gasteiger partial charge in [0.15, 0.2) is 0 Å². The number of H-pyrrole nitrogens is 1. The number of sulfonamides is 1. The molecule has 1 saturated carbocycles. The van der Waals surface area contributed by atoms with E-state index in [1.807, 2.05) is 6.07 Å². The summed E-state index contributed by atoms with van der Waals surface area (Å²) in [5.74, 6) is 0.677. The lowest BCUT2D eigenvalue weighted by Crippen LogP contribution is -2.40. The van der Waals surface area contributed by atoms with Gasteiger partial charge in [0.2, 0.25) is 10.0 Å². The number of rotatable bonds is 7. The molecule has 1 aliphatic heterocycles. The first-order valence-electron chi connectivity index (χ1n) is 10.5. The third-order valence-corrected chi connectivity index (χ3v) is 8.78. The molecule has 0 bridgehead atoms. The molecule has 2 N–H and O–H groups in total. The number of piperidine rings is 1. The Bertz CT molecular complexity index is 898. The van der Waals surface area contributed by atoms with Crippen LogP contribution in [0, 0.1) is 0 Å². The molecule has 2 aliphatic rings. The summed E-state index contributed by atoms with van der Waals surface area (Å²) < 4.78 is 28.2. The van der Waals surface area contributed by atoms with Crippen LogP contribution in [-0.2, 0) is 10.0 Å². The molecule has 0 atom stereocenters. The Morgan fingerprint density at radius 3 is 2.64 bits per heavy atom. The lowest BCUT2D eigenvalue weighted by Gasteiger charge is -2.31. The Morgan fingerprint density at radius 1 is 1.14 bits per heavy atom. The summed E-state index contributed by atoms with van der Waals surface area (Å²) in [7, 11) is -3.14. The summed E-state index contributed by atoms with van der Waals surface area (Å²) in [5, 5.41) is 4.76. The van der Waals surface area contributed by atoms with Crippen LogP contribution in [0.4, 0.5) is 0 Å². The fraction of sp³-hybridized carbons (Fsp3) is 0.619. The molecule has 0 radical (unpaired) electrons. The number of nitrogens with one attached hydrogen (secondary N) is 2. The molecule has 2 aromatic rings. The number of aromatic nitrogens is 1. The molecule has 0 unspecified atom stereocenters. The van der Waals surface area contributed by atoms with Crippen molar-refractivity contribution >= 4 is 36.9 Å². The average molecular weight is 468 g/mol. The molecule has 2 heterocycles. The lowest BCUT2D eigenvalue weighted by atomic mass is 9.90. The monoisotopic (exact) mass is 467 g/mol. The van der Waals surface area contributed by atoms with E-state index in [1.165, 1.54) is 36.6 Å². The van der Waals surface area contributed by atoms with E-state index in [0.29, 0.717) is 31.5 Å². The Hall–Kier alpha value is -0.890. The van der Waals surface area contributed by atoms with Crippen molar-refractivity contribution in [2.45, 2.75) is 56.9 Å². The van der Waals surface area contributed by atoms with Crippen molar-refractivity contribution in [1.82, 2.24) is 14.6 Å². The smallest absolute Gasteiger partial charge is 0.214 e. The van der Waals surface area contributed by atoms with Gasteiger partial charge in [-0.3, -0.25) is 0 Å². The maximum Gasteiger partial charge on any atom is 0.214 e. The first kappa shape index (κ1) is 20.4. The van der Waals surface area contributed by atoms with Crippen molar-refractivity contribution < 1.29 is 8.42 Å². The molecule has 28 heavy (non-hydrogen) atoms. The summed E-state index contributed by atoms with van der Waals surface area (Å²) in [5.41, 5.74) is 2.46. The van der Waals surface area contributed by atoms with Gasteiger partial charge in [0, 0.05) is 40.7 Å². The van der Waals surface area contributed by atoms with E-state index in [0.717, 1.165) is 29.4 Å². The van der Waals surface area contributed by atoms with Crippen molar-refractivity contribution in [3.8, 4) is 0 Å². The van der Waals surface area contributed by atoms with Gasteiger partial charge in [-0.25, -0.2) is 12.7 Å². The number of fused-ring (bicyclic) bond motifs is 1. The Balaban J connectivity index is 1.29. The predicted molar refractivity (Wildman–Crippen MR) is 118 cm³/mol. The van der Waals surface area contributed by atoms with Gasteiger partial charge in [0.1, 0.15) is 0 Å². The van der Waals surface area contributed by atoms with Crippen LogP contribution in [0.25, 0.3) is 10.9 Å². The van der Waals surface area contributed by atoms with E-state index in [9.17, 15) is 8.42 Å². The number of aromatic amines is 1. The van der Waals surface area contributed by atoms with Crippen LogP contribution < -0.4 is 5.32 Å². The largest absolute Gasteiger partial charge is 0.361 e. The van der Waals surface area contributed by atoms with Gasteiger partial charge in [-0.15, -0.1) is 0 Å². The van der Waals surface area contributed by atoms with Gasteiger partial charge in [-0.1, -0.05) is 28.8 Å². The van der Waals surface area contributed by atoms with E-state index < -0.39 is 10.0 Å². The molecule has 1 aromatic carbocycles. The third kappa shape index (κ3) is 4.64. The fourth-order valence-electron chi connectivity index (χ4n) is 4.72. The average Bonchev–Trinajstić information content (AvgIpc) is 3.35. The van der Waals surface area contributed by atoms with Gasteiger partial charge in [0.05, 0.1) is 5.75 Å². The molecule has 0 spiro atoms. The van der Waals surface area contributed by atoms with Crippen LogP contribution >= 0.6 is 15.9 Å². The summed E-state index contributed by atoms with van der Waals surface area (Å²) in [4.78, 5) is 3.35. The van der Waals surface area contributed by atoms with E-state index >= 15 is 0 Å². The Morgan fingerprint density at radius 2 is 1.89 bits per heavy atom. The van der Waals surface area contributed by atoms with E-state index in [-0.39, 0.29) is 5.75 Å². The number of halogens is 1. The van der Waals surface area contributed by atoms with Crippen molar-refractivity contribution in [3.63, 3.8) is 0 Å². The summed E-state index contributed by atoms with van der Waals surface area (Å²) in [6, 6.07) is 6.89. The molecule has 7 heteroatoms. The molecule has 4 rings (SSSR count). The molecule has 0 amide bonds. The van der Waals surface area contributed by atoms with Crippen LogP contribution in [0.1, 0.15) is 56.4 Å². The van der Waals surface area contributed by atoms with Gasteiger partial charge in [-0.05, 0) is 68.3 Å². The molecule has 2 fully saturated rings. The molecule has 1 aliphatic carbocycles. The zero-order valence-electron chi connectivity index (χ0n) is 16.3. The maximum absolute atomic E-state index is 12.7. The highest BCUT2D eigenvalue weighted by Crippen LogP contribution is 2.35. The van der Waals surface area contributed by atoms with Gasteiger partial charge >= 0.3 is 0 Å². The van der Waals surface area contributed by atoms with E-state index in [2.05, 4.69) is 44.6 Å². The molecule has 154 valence electrons. The third-order valence-electron chi connectivity index (χ3n) is 6.33. The standard InChI is InChI=1S/C21H30BrN3O2S/c22-17-6-7-21-19(14-17)20(15-24-21)16-8-11-25(12-9-16)28(26,27)13-3-10-23-18-4-1-2-5-18/h6-7,14-16,18,23-24H,1-5,8-13H2. The minimum absolute atomic E-state index is 0.261. The summed E-state index contributed by atoms with van der Waals surface area (Å²) >= 11 is 3.56. The summed E-state index contributed by atoms with van der Waals surface area (Å²) in [6.45, 7) is 2.07. The summed E-state index contributed by atoms with van der Waals surface area (Å²) in [6.07, 6.45) is 9.67. The zero-order valence-corrected chi connectivity index (χ0v) is 18.7. The van der Waals surface area contributed by atoms with Crippen LogP contribution in [0.2, 0.25) is 0 Å². The Labute approximate surface area is 176 Å². The highest BCUT2D eigenvalue weighted by Gasteiger charge is 2.29. The highest BCUT2D eigenvalue weighted by molar-refractivity contribution is 9.10. The number of nitrogens with zero attached hydrogens (tertiary/aromatic N) is 1. The molecular weight excluding hydrogens is 438 g/mol. The zero-order chi connectivity index (χ0) is 19.6. The van der Waals surface area contributed by atoms with E-state index in [1.54, 1.807) is 4.31 Å². The van der Waals surface area contributed by atoms with Crippen LogP contribution in [0.3, 0.4) is 0 Å². The number of benzene rings is 1. The second-order valence-corrected chi connectivity index (χ2v) is 11.2. The first-order valence-corrected chi connectivity index (χ1v) is 12.9. The minimum Gasteiger partial charge on any atom is -0.361 e. The molecule has 1 aromatic heterocycles. The van der Waals surface area contributed by atoms with Crippen LogP contribution in [0.5, 0.6) is 0 Å². The van der Waals surface area contributed by atoms with Gasteiger partial charge < -0.3 is 10.3 Å². The second kappa shape index (κ2) is 8.86. The van der Waals surface area contributed by atoms with Crippen LogP contribution in [-0.4, -0.2) is 49.1 Å². The maximum atomic E-state index is 12.7. The highest BCUT2D eigenvalue weighted by atomic mass is 79.9. The number of hydrogen-bond acceptors (Lipinski definition) is 3. The molecule has 1 saturated heterocycles. The quantitative estimate of drug-likeness (QED) is 0.594. The minimum atomic E-state index is -3.14. The van der Waals surface area contributed by atoms with Crippen molar-refractivity contribution in [1.29, 1.82) is 0 Å². The Kier molecular flexibility index (Phi) is 6.45. The predicted octanol–water partition coefficient (Wildman–Crippen LogP) is 4.36. The number of hydrogen-bond donors (Lipinski definition) is 2.